The molecule has 3 heteroatoms. The average Bonchev–Trinajstić information content (AvgIpc) is 3.05. The van der Waals surface area contributed by atoms with Crippen molar-refractivity contribution in [2.24, 2.45) is 0 Å². The van der Waals surface area contributed by atoms with E-state index in [0.29, 0.717) is 0 Å². The van der Waals surface area contributed by atoms with Gasteiger partial charge in [-0.2, -0.15) is 0 Å². The fourth-order valence-electron chi connectivity index (χ4n) is 3.21. The number of rotatable bonds is 12. The molecule has 0 atom stereocenters. The lowest BCUT2D eigenvalue weighted by Gasteiger charge is -2.39. The summed E-state index contributed by atoms with van der Waals surface area (Å²) in [4.78, 5) is 10.1. The summed E-state index contributed by atoms with van der Waals surface area (Å²) in [6.45, 7) is 15.9. The van der Waals surface area contributed by atoms with Gasteiger partial charge >= 0.3 is 0 Å². The molecule has 1 aliphatic rings. The molecule has 1 saturated heterocycles. The molecule has 1 fully saturated rings. The predicted molar refractivity (Wildman–Crippen MR) is 102 cm³/mol. The van der Waals surface area contributed by atoms with Crippen molar-refractivity contribution >= 4 is 5.91 Å². The Balaban J connectivity index is 0.000000664. The minimum Gasteiger partial charge on any atom is -0.356 e. The van der Waals surface area contributed by atoms with Gasteiger partial charge in [-0.3, -0.25) is 4.79 Å². The Morgan fingerprint density at radius 3 is 1.35 bits per heavy atom. The minimum absolute atomic E-state index is 0.204. The Hall–Kier alpha value is -0.570. The fraction of sp³-hybridized carbons (Fsp3) is 0.950. The number of hydrogen-bond acceptors (Lipinski definition) is 1. The van der Waals surface area contributed by atoms with Crippen molar-refractivity contribution in [1.29, 1.82) is 0 Å². The zero-order valence-corrected chi connectivity index (χ0v) is 16.5. The maximum absolute atomic E-state index is 10.1. The highest BCUT2D eigenvalue weighted by Crippen LogP contribution is 2.16. The van der Waals surface area contributed by atoms with Crippen molar-refractivity contribution in [3.63, 3.8) is 0 Å². The Morgan fingerprint density at radius 1 is 0.783 bits per heavy atom. The summed E-state index contributed by atoms with van der Waals surface area (Å²) in [5.74, 6) is 0.204. The minimum atomic E-state index is 0.204. The van der Waals surface area contributed by atoms with E-state index in [-0.39, 0.29) is 5.91 Å². The molecule has 0 saturated carbocycles. The first kappa shape index (κ1) is 22.4. The third kappa shape index (κ3) is 11.6. The number of unbranched alkanes of at least 4 members (excludes halogenated alkanes) is 4. The van der Waals surface area contributed by atoms with Crippen molar-refractivity contribution in [1.82, 2.24) is 5.32 Å². The molecule has 1 N–H and O–H groups in total. The Morgan fingerprint density at radius 2 is 1.17 bits per heavy atom. The molecule has 0 aromatic rings. The van der Waals surface area contributed by atoms with Crippen LogP contribution in [-0.4, -0.2) is 43.1 Å². The van der Waals surface area contributed by atoms with Crippen molar-refractivity contribution in [3.05, 3.63) is 0 Å². The first-order chi connectivity index (χ1) is 11.1. The van der Waals surface area contributed by atoms with E-state index in [2.05, 4.69) is 33.0 Å². The summed E-state index contributed by atoms with van der Waals surface area (Å²) in [5, 5.41) is 2.68. The summed E-state index contributed by atoms with van der Waals surface area (Å²) < 4.78 is 1.42. The van der Waals surface area contributed by atoms with Gasteiger partial charge in [0.15, 0.2) is 0 Å². The summed E-state index contributed by atoms with van der Waals surface area (Å²) in [7, 11) is 0. The molecule has 0 spiro atoms. The second kappa shape index (κ2) is 15.0. The fourth-order valence-corrected chi connectivity index (χ4v) is 3.21. The van der Waals surface area contributed by atoms with Crippen LogP contribution in [0, 0.1) is 0 Å². The van der Waals surface area contributed by atoms with E-state index >= 15 is 0 Å². The summed E-state index contributed by atoms with van der Waals surface area (Å²) >= 11 is 0. The molecule has 0 aromatic carbocycles. The first-order valence-electron chi connectivity index (χ1n) is 10.3. The molecule has 0 bridgehead atoms. The molecule has 1 heterocycles. The van der Waals surface area contributed by atoms with E-state index in [0.717, 1.165) is 19.4 Å². The van der Waals surface area contributed by atoms with Crippen LogP contribution in [0.25, 0.3) is 0 Å². The third-order valence-corrected chi connectivity index (χ3v) is 4.85. The maximum atomic E-state index is 10.1. The Kier molecular flexibility index (Phi) is 14.6. The monoisotopic (exact) mass is 327 g/mol. The van der Waals surface area contributed by atoms with Gasteiger partial charge < -0.3 is 9.80 Å². The lowest BCUT2D eigenvalue weighted by atomic mass is 10.1. The standard InChI is InChI=1S/C16H36N.C4H7NO/c1-5-9-13-17(14-10-6-2,15-11-7-3)16-12-8-4;6-4-2-1-3-5-4/h5-16H2,1-4H3;1-3H2,(H,5,6)/q+1;. The second-order valence-corrected chi connectivity index (χ2v) is 7.10. The molecule has 1 amide bonds. The molecule has 0 aromatic heterocycles. The van der Waals surface area contributed by atoms with Crippen LogP contribution in [0.1, 0.15) is 91.9 Å². The summed E-state index contributed by atoms with van der Waals surface area (Å²) in [6.07, 6.45) is 12.8. The Labute approximate surface area is 145 Å². The Bertz CT molecular complexity index is 233. The van der Waals surface area contributed by atoms with Gasteiger partial charge in [-0.15, -0.1) is 0 Å². The number of amides is 1. The van der Waals surface area contributed by atoms with Crippen LogP contribution < -0.4 is 5.32 Å². The highest BCUT2D eigenvalue weighted by atomic mass is 16.1. The largest absolute Gasteiger partial charge is 0.356 e. The van der Waals surface area contributed by atoms with E-state index in [9.17, 15) is 4.79 Å². The van der Waals surface area contributed by atoms with Crippen LogP contribution in [0.3, 0.4) is 0 Å². The molecule has 0 aliphatic carbocycles. The number of carbonyl (C=O) groups is 1. The molecule has 138 valence electrons. The summed E-state index contributed by atoms with van der Waals surface area (Å²) in [5.41, 5.74) is 0. The maximum Gasteiger partial charge on any atom is 0.220 e. The van der Waals surface area contributed by atoms with Gasteiger partial charge in [-0.05, 0) is 32.1 Å². The number of nitrogens with zero attached hydrogens (tertiary/aromatic N) is 1. The smallest absolute Gasteiger partial charge is 0.220 e. The van der Waals surface area contributed by atoms with Crippen LogP contribution in [0.4, 0.5) is 0 Å². The quantitative estimate of drug-likeness (QED) is 0.507. The van der Waals surface area contributed by atoms with Crippen molar-refractivity contribution in [2.75, 3.05) is 32.7 Å². The average molecular weight is 328 g/mol. The van der Waals surface area contributed by atoms with Crippen LogP contribution >= 0.6 is 0 Å². The van der Waals surface area contributed by atoms with Gasteiger partial charge in [0.25, 0.3) is 0 Å². The molecule has 1 rings (SSSR count). The lowest BCUT2D eigenvalue weighted by Crippen LogP contribution is -2.50. The van der Waals surface area contributed by atoms with Crippen molar-refractivity contribution in [3.8, 4) is 0 Å². The molecule has 3 nitrogen and oxygen atoms in total. The van der Waals surface area contributed by atoms with Crippen LogP contribution in [0.15, 0.2) is 0 Å². The second-order valence-electron chi connectivity index (χ2n) is 7.10. The van der Waals surface area contributed by atoms with Gasteiger partial charge in [0, 0.05) is 13.0 Å². The normalized spacial score (nSPS) is 14.3. The first-order valence-corrected chi connectivity index (χ1v) is 10.3. The predicted octanol–water partition coefficient (Wildman–Crippen LogP) is 4.90. The third-order valence-electron chi connectivity index (χ3n) is 4.85. The number of carbonyl (C=O) groups excluding carboxylic acids is 1. The van der Waals surface area contributed by atoms with Crippen LogP contribution in [0.2, 0.25) is 0 Å². The molecule has 0 unspecified atom stereocenters. The number of hydrogen-bond donors (Lipinski definition) is 1. The van der Waals surface area contributed by atoms with Crippen LogP contribution in [-0.2, 0) is 4.79 Å². The van der Waals surface area contributed by atoms with Crippen molar-refractivity contribution in [2.45, 2.75) is 91.9 Å². The zero-order chi connectivity index (χ0) is 17.4. The summed E-state index contributed by atoms with van der Waals surface area (Å²) in [6, 6.07) is 0. The van der Waals surface area contributed by atoms with E-state index in [1.807, 2.05) is 0 Å². The van der Waals surface area contributed by atoms with Gasteiger partial charge in [0.1, 0.15) is 0 Å². The number of quaternary nitrogens is 1. The topological polar surface area (TPSA) is 29.1 Å². The van der Waals surface area contributed by atoms with E-state index in [1.54, 1.807) is 0 Å². The van der Waals surface area contributed by atoms with E-state index < -0.39 is 0 Å². The van der Waals surface area contributed by atoms with Gasteiger partial charge in [0.05, 0.1) is 26.2 Å². The van der Waals surface area contributed by atoms with E-state index in [4.69, 9.17) is 0 Å². The van der Waals surface area contributed by atoms with Crippen LogP contribution in [0.5, 0.6) is 0 Å². The van der Waals surface area contributed by atoms with Gasteiger partial charge in [0.2, 0.25) is 5.91 Å². The SMILES string of the molecule is CCCC[N+](CCCC)(CCCC)CCCC.O=C1CCCN1. The molecule has 0 radical (unpaired) electrons. The van der Waals surface area contributed by atoms with Gasteiger partial charge in [-0.1, -0.05) is 53.4 Å². The molecular formula is C20H43N2O+. The molecule has 1 aliphatic heterocycles. The molecular weight excluding hydrogens is 284 g/mol. The lowest BCUT2D eigenvalue weighted by molar-refractivity contribution is -0.929. The zero-order valence-electron chi connectivity index (χ0n) is 16.5. The number of nitrogens with one attached hydrogen (secondary N) is 1. The van der Waals surface area contributed by atoms with Gasteiger partial charge in [-0.25, -0.2) is 0 Å². The molecule has 23 heavy (non-hydrogen) atoms. The van der Waals surface area contributed by atoms with E-state index in [1.165, 1.54) is 82.0 Å². The highest BCUT2D eigenvalue weighted by molar-refractivity contribution is 5.77. The van der Waals surface area contributed by atoms with Crippen molar-refractivity contribution < 1.29 is 9.28 Å². The highest BCUT2D eigenvalue weighted by Gasteiger charge is 2.24.